The van der Waals surface area contributed by atoms with Gasteiger partial charge in [0, 0.05) is 11.8 Å². The summed E-state index contributed by atoms with van der Waals surface area (Å²) in [6.07, 6.45) is 2.72. The van der Waals surface area contributed by atoms with Gasteiger partial charge in [0.1, 0.15) is 23.0 Å². The lowest BCUT2D eigenvalue weighted by atomic mass is 9.99. The minimum atomic E-state index is -4.02. The molecule has 9 nitrogen and oxygen atoms in total. The minimum Gasteiger partial charge on any atom is -0.342 e. The second-order valence-electron chi connectivity index (χ2n) is 6.59. The Labute approximate surface area is 165 Å². The van der Waals surface area contributed by atoms with Crippen molar-refractivity contribution >= 4 is 21.8 Å². The molecule has 2 heterocycles. The van der Waals surface area contributed by atoms with Crippen LogP contribution in [0.4, 0.5) is 20.4 Å². The smallest absolute Gasteiger partial charge is 0.296 e. The molecule has 0 fully saturated rings. The topological polar surface area (TPSA) is 136 Å². The second kappa shape index (κ2) is 7.64. The van der Waals surface area contributed by atoms with Gasteiger partial charge in [-0.05, 0) is 44.2 Å². The molecule has 0 saturated heterocycles. The maximum atomic E-state index is 14.2. The van der Waals surface area contributed by atoms with Crippen LogP contribution >= 0.6 is 0 Å². The van der Waals surface area contributed by atoms with Crippen LogP contribution in [-0.2, 0) is 15.7 Å². The third-order valence-corrected chi connectivity index (χ3v) is 4.36. The van der Waals surface area contributed by atoms with E-state index in [0.29, 0.717) is 0 Å². The first kappa shape index (κ1) is 20.5. The molecule has 2 aromatic heterocycles. The molecule has 0 unspecified atom stereocenters. The standard InChI is InChI=1S/C17H17F2N7O2S/c1-17(2,15-13(19)4-3-7-21-15)23-16-22-9-14(24-25-16)11-8-10(5-6-12(11)18)26-29(20,27)28/h3-9,26H,1-2H3,(H2,20,27,28)(H,22,23,25). The summed E-state index contributed by atoms with van der Waals surface area (Å²) < 4.78 is 52.5. The van der Waals surface area contributed by atoms with E-state index in [-0.39, 0.29) is 28.6 Å². The van der Waals surface area contributed by atoms with Crippen LogP contribution in [0.1, 0.15) is 19.5 Å². The number of aromatic nitrogens is 4. The molecule has 0 saturated carbocycles. The molecule has 0 atom stereocenters. The highest BCUT2D eigenvalue weighted by atomic mass is 32.2. The van der Waals surface area contributed by atoms with E-state index in [4.69, 9.17) is 5.14 Å². The highest BCUT2D eigenvalue weighted by Gasteiger charge is 2.26. The van der Waals surface area contributed by atoms with Crippen molar-refractivity contribution in [2.24, 2.45) is 5.14 Å². The molecule has 152 valence electrons. The fourth-order valence-corrected chi connectivity index (χ4v) is 3.04. The van der Waals surface area contributed by atoms with Crippen LogP contribution in [0.25, 0.3) is 11.3 Å². The zero-order chi connectivity index (χ0) is 21.2. The minimum absolute atomic E-state index is 0.0276. The van der Waals surface area contributed by atoms with Crippen molar-refractivity contribution in [2.75, 3.05) is 10.0 Å². The maximum Gasteiger partial charge on any atom is 0.296 e. The van der Waals surface area contributed by atoms with Crippen molar-refractivity contribution in [3.05, 3.63) is 60.1 Å². The first-order valence-corrected chi connectivity index (χ1v) is 9.79. The Morgan fingerprint density at radius 3 is 2.45 bits per heavy atom. The molecule has 29 heavy (non-hydrogen) atoms. The number of nitrogens with two attached hydrogens (primary N) is 1. The Hall–Kier alpha value is -3.25. The molecule has 0 aliphatic carbocycles. The van der Waals surface area contributed by atoms with E-state index in [1.807, 2.05) is 4.72 Å². The highest BCUT2D eigenvalue weighted by molar-refractivity contribution is 7.90. The van der Waals surface area contributed by atoms with Crippen molar-refractivity contribution in [1.29, 1.82) is 0 Å². The number of benzene rings is 1. The number of halogens is 2. The fraction of sp³-hybridized carbons (Fsp3) is 0.176. The quantitative estimate of drug-likeness (QED) is 0.555. The summed E-state index contributed by atoms with van der Waals surface area (Å²) in [5, 5.41) is 15.6. The van der Waals surface area contributed by atoms with Crippen molar-refractivity contribution < 1.29 is 17.2 Å². The Kier molecular flexibility index (Phi) is 5.40. The van der Waals surface area contributed by atoms with Gasteiger partial charge >= 0.3 is 0 Å². The number of anilines is 2. The zero-order valence-corrected chi connectivity index (χ0v) is 16.2. The van der Waals surface area contributed by atoms with Crippen molar-refractivity contribution in [3.8, 4) is 11.3 Å². The van der Waals surface area contributed by atoms with E-state index < -0.39 is 27.4 Å². The summed E-state index contributed by atoms with van der Waals surface area (Å²) in [6, 6.07) is 6.26. The van der Waals surface area contributed by atoms with Crippen LogP contribution in [-0.4, -0.2) is 28.6 Å². The summed E-state index contributed by atoms with van der Waals surface area (Å²) in [6.45, 7) is 3.38. The first-order chi connectivity index (χ1) is 13.5. The van der Waals surface area contributed by atoms with Gasteiger partial charge in [0.2, 0.25) is 5.95 Å². The highest BCUT2D eigenvalue weighted by Crippen LogP contribution is 2.26. The van der Waals surface area contributed by atoms with Crippen LogP contribution in [0.15, 0.2) is 42.7 Å². The number of pyridine rings is 1. The van der Waals surface area contributed by atoms with Gasteiger partial charge in [-0.2, -0.15) is 8.42 Å². The molecule has 3 rings (SSSR count). The Morgan fingerprint density at radius 1 is 1.07 bits per heavy atom. The number of rotatable bonds is 6. The monoisotopic (exact) mass is 421 g/mol. The van der Waals surface area contributed by atoms with Crippen LogP contribution in [0.5, 0.6) is 0 Å². The number of nitrogens with one attached hydrogen (secondary N) is 2. The molecule has 3 aromatic rings. The zero-order valence-electron chi connectivity index (χ0n) is 15.4. The summed E-state index contributed by atoms with van der Waals surface area (Å²) in [4.78, 5) is 8.11. The average Bonchev–Trinajstić information content (AvgIpc) is 2.63. The summed E-state index contributed by atoms with van der Waals surface area (Å²) in [5.41, 5.74) is -0.688. The Morgan fingerprint density at radius 2 is 1.83 bits per heavy atom. The van der Waals surface area contributed by atoms with Crippen molar-refractivity contribution in [1.82, 2.24) is 20.2 Å². The van der Waals surface area contributed by atoms with E-state index in [0.717, 1.165) is 6.07 Å². The van der Waals surface area contributed by atoms with Gasteiger partial charge in [0.15, 0.2) is 0 Å². The second-order valence-corrected chi connectivity index (χ2v) is 7.89. The lowest BCUT2D eigenvalue weighted by Crippen LogP contribution is -2.31. The van der Waals surface area contributed by atoms with Gasteiger partial charge in [-0.1, -0.05) is 0 Å². The van der Waals surface area contributed by atoms with Crippen LogP contribution in [0, 0.1) is 11.6 Å². The van der Waals surface area contributed by atoms with Gasteiger partial charge in [-0.25, -0.2) is 18.9 Å². The van der Waals surface area contributed by atoms with Gasteiger partial charge < -0.3 is 5.32 Å². The van der Waals surface area contributed by atoms with Crippen molar-refractivity contribution in [3.63, 3.8) is 0 Å². The van der Waals surface area contributed by atoms with E-state index in [2.05, 4.69) is 25.5 Å². The van der Waals surface area contributed by atoms with Crippen LogP contribution < -0.4 is 15.2 Å². The average molecular weight is 421 g/mol. The summed E-state index contributed by atoms with van der Waals surface area (Å²) >= 11 is 0. The summed E-state index contributed by atoms with van der Waals surface area (Å²) in [5.74, 6) is -1.07. The SMILES string of the molecule is CC(C)(Nc1ncc(-c2cc(NS(N)(=O)=O)ccc2F)nn1)c1ncccc1F. The third-order valence-electron chi connectivity index (χ3n) is 3.84. The maximum absolute atomic E-state index is 14.2. The predicted octanol–water partition coefficient (Wildman–Crippen LogP) is 2.17. The molecule has 4 N–H and O–H groups in total. The molecule has 12 heteroatoms. The molecule has 1 aromatic carbocycles. The molecular formula is C17H17F2N7O2S. The summed E-state index contributed by atoms with van der Waals surface area (Å²) in [7, 11) is -4.02. The molecule has 0 aliphatic heterocycles. The lowest BCUT2D eigenvalue weighted by Gasteiger charge is -2.25. The molecule has 0 spiro atoms. The fourth-order valence-electron chi connectivity index (χ4n) is 2.59. The molecule has 0 bridgehead atoms. The Bertz CT molecular complexity index is 1140. The van der Waals surface area contributed by atoms with Gasteiger partial charge in [-0.15, -0.1) is 10.2 Å². The number of hydrogen-bond acceptors (Lipinski definition) is 7. The van der Waals surface area contributed by atoms with E-state index in [1.165, 1.54) is 36.7 Å². The largest absolute Gasteiger partial charge is 0.342 e. The van der Waals surface area contributed by atoms with Crippen LogP contribution in [0.2, 0.25) is 0 Å². The van der Waals surface area contributed by atoms with Crippen molar-refractivity contribution in [2.45, 2.75) is 19.4 Å². The lowest BCUT2D eigenvalue weighted by molar-refractivity contribution is 0.510. The van der Waals surface area contributed by atoms with Gasteiger partial charge in [0.25, 0.3) is 10.2 Å². The molecular weight excluding hydrogens is 404 g/mol. The molecule has 0 amide bonds. The Balaban J connectivity index is 1.86. The van der Waals surface area contributed by atoms with Gasteiger partial charge in [0.05, 0.1) is 17.4 Å². The van der Waals surface area contributed by atoms with E-state index >= 15 is 0 Å². The number of nitrogens with zero attached hydrogens (tertiary/aromatic N) is 4. The third kappa shape index (κ3) is 4.97. The molecule has 0 radical (unpaired) electrons. The van der Waals surface area contributed by atoms with Crippen LogP contribution in [0.3, 0.4) is 0 Å². The molecule has 0 aliphatic rings. The first-order valence-electron chi connectivity index (χ1n) is 8.24. The van der Waals surface area contributed by atoms with E-state index in [9.17, 15) is 17.2 Å². The number of hydrogen-bond donors (Lipinski definition) is 3. The normalized spacial score (nSPS) is 11.9. The van der Waals surface area contributed by atoms with Gasteiger partial charge in [-0.3, -0.25) is 9.71 Å². The predicted molar refractivity (Wildman–Crippen MR) is 103 cm³/mol. The van der Waals surface area contributed by atoms with E-state index in [1.54, 1.807) is 13.8 Å².